The number of nitrogens with zero attached hydrogens (tertiary/aromatic N) is 2. The Balaban J connectivity index is 2.80. The van der Waals surface area contributed by atoms with Crippen LogP contribution in [0.4, 0.5) is 8.78 Å². The average molecular weight is 206 g/mol. The molecule has 0 aliphatic rings. The van der Waals surface area contributed by atoms with Crippen molar-refractivity contribution in [1.29, 1.82) is 0 Å². The molecular formula is C9H5BF2N2O. The third-order valence-electron chi connectivity index (χ3n) is 2.03. The first-order valence-corrected chi connectivity index (χ1v) is 4.14. The summed E-state index contributed by atoms with van der Waals surface area (Å²) in [5.41, 5.74) is 0.657. The lowest BCUT2D eigenvalue weighted by molar-refractivity contribution is 0.111. The van der Waals surface area contributed by atoms with Crippen molar-refractivity contribution in [3.05, 3.63) is 29.8 Å². The zero-order valence-corrected chi connectivity index (χ0v) is 7.52. The predicted molar refractivity (Wildman–Crippen MR) is 50.9 cm³/mol. The van der Waals surface area contributed by atoms with Crippen LogP contribution in [0.3, 0.4) is 0 Å². The Hall–Kier alpha value is -1.72. The van der Waals surface area contributed by atoms with Crippen LogP contribution >= 0.6 is 0 Å². The summed E-state index contributed by atoms with van der Waals surface area (Å²) in [6, 6.07) is 2.90. The Morgan fingerprint density at radius 2 is 2.27 bits per heavy atom. The molecule has 0 spiro atoms. The quantitative estimate of drug-likeness (QED) is 0.539. The average Bonchev–Trinajstić information content (AvgIpc) is 2.55. The van der Waals surface area contributed by atoms with Gasteiger partial charge in [-0.2, -0.15) is 0 Å². The maximum absolute atomic E-state index is 12.5. The maximum atomic E-state index is 12.5. The van der Waals surface area contributed by atoms with E-state index >= 15 is 0 Å². The van der Waals surface area contributed by atoms with Crippen molar-refractivity contribution in [1.82, 2.24) is 9.38 Å². The number of fused-ring (bicyclic) bond motifs is 1. The SMILES string of the molecule is [B]c1ccn2c(C(F)F)nc(C=O)c2c1. The van der Waals surface area contributed by atoms with Gasteiger partial charge in [0.1, 0.15) is 13.5 Å². The van der Waals surface area contributed by atoms with Gasteiger partial charge in [-0.05, 0) is 6.07 Å². The van der Waals surface area contributed by atoms with E-state index < -0.39 is 12.2 Å². The first-order chi connectivity index (χ1) is 7.13. The summed E-state index contributed by atoms with van der Waals surface area (Å²) in [4.78, 5) is 14.1. The highest BCUT2D eigenvalue weighted by Crippen LogP contribution is 2.20. The van der Waals surface area contributed by atoms with Crippen molar-refractivity contribution in [3.8, 4) is 0 Å². The number of aromatic nitrogens is 2. The zero-order chi connectivity index (χ0) is 11.0. The van der Waals surface area contributed by atoms with Gasteiger partial charge in [0.15, 0.2) is 12.1 Å². The number of alkyl halides is 2. The van der Waals surface area contributed by atoms with Gasteiger partial charge in [0.05, 0.1) is 5.52 Å². The highest BCUT2D eigenvalue weighted by atomic mass is 19.3. The fraction of sp³-hybridized carbons (Fsp3) is 0.111. The molecule has 0 aliphatic carbocycles. The molecule has 0 N–H and O–H groups in total. The summed E-state index contributed by atoms with van der Waals surface area (Å²) in [5, 5.41) is 0. The summed E-state index contributed by atoms with van der Waals surface area (Å²) in [7, 11) is 5.49. The number of carbonyl (C=O) groups excluding carboxylic acids is 1. The third-order valence-corrected chi connectivity index (χ3v) is 2.03. The Kier molecular flexibility index (Phi) is 2.26. The minimum Gasteiger partial charge on any atom is -0.298 e. The molecule has 6 heteroatoms. The van der Waals surface area contributed by atoms with Crippen molar-refractivity contribution < 1.29 is 13.6 Å². The molecular weight excluding hydrogens is 201 g/mol. The van der Waals surface area contributed by atoms with Crippen molar-refractivity contribution in [2.75, 3.05) is 0 Å². The van der Waals surface area contributed by atoms with Crippen LogP contribution in [0, 0.1) is 0 Å². The monoisotopic (exact) mass is 206 g/mol. The molecule has 2 aromatic rings. The predicted octanol–water partition coefficient (Wildman–Crippen LogP) is 0.878. The van der Waals surface area contributed by atoms with E-state index in [-0.39, 0.29) is 5.69 Å². The first-order valence-electron chi connectivity index (χ1n) is 4.14. The number of halogens is 2. The van der Waals surface area contributed by atoms with E-state index in [0.29, 0.717) is 17.3 Å². The van der Waals surface area contributed by atoms with Gasteiger partial charge in [-0.3, -0.25) is 9.20 Å². The van der Waals surface area contributed by atoms with Crippen molar-refractivity contribution in [2.45, 2.75) is 6.43 Å². The van der Waals surface area contributed by atoms with Crippen LogP contribution in [0.15, 0.2) is 18.3 Å². The normalized spacial score (nSPS) is 11.1. The molecule has 2 radical (unpaired) electrons. The molecule has 3 nitrogen and oxygen atoms in total. The van der Waals surface area contributed by atoms with Gasteiger partial charge >= 0.3 is 0 Å². The topological polar surface area (TPSA) is 34.4 Å². The molecule has 15 heavy (non-hydrogen) atoms. The number of pyridine rings is 1. The van der Waals surface area contributed by atoms with Crippen LogP contribution < -0.4 is 5.46 Å². The molecule has 0 aliphatic heterocycles. The van der Waals surface area contributed by atoms with Crippen molar-refractivity contribution in [3.63, 3.8) is 0 Å². The summed E-state index contributed by atoms with van der Waals surface area (Å²) >= 11 is 0. The second-order valence-corrected chi connectivity index (χ2v) is 2.99. The van der Waals surface area contributed by atoms with Crippen LogP contribution in [0.5, 0.6) is 0 Å². The molecule has 0 saturated carbocycles. The lowest BCUT2D eigenvalue weighted by Crippen LogP contribution is -2.04. The minimum atomic E-state index is -2.73. The fourth-order valence-electron chi connectivity index (χ4n) is 1.39. The van der Waals surface area contributed by atoms with Crippen molar-refractivity contribution >= 4 is 25.1 Å². The summed E-state index contributed by atoms with van der Waals surface area (Å²) < 4.78 is 26.2. The molecule has 0 unspecified atom stereocenters. The Labute approximate surface area is 85.1 Å². The largest absolute Gasteiger partial charge is 0.298 e. The molecule has 0 bridgehead atoms. The Morgan fingerprint density at radius 1 is 1.53 bits per heavy atom. The second-order valence-electron chi connectivity index (χ2n) is 2.99. The minimum absolute atomic E-state index is 0.0300. The molecule has 0 aromatic carbocycles. The second kappa shape index (κ2) is 3.45. The van der Waals surface area contributed by atoms with Gasteiger partial charge in [-0.1, -0.05) is 11.5 Å². The molecule has 0 fully saturated rings. The maximum Gasteiger partial charge on any atom is 0.295 e. The van der Waals surface area contributed by atoms with E-state index in [9.17, 15) is 13.6 Å². The number of rotatable bonds is 2. The van der Waals surface area contributed by atoms with Gasteiger partial charge in [0.2, 0.25) is 0 Å². The molecule has 2 aromatic heterocycles. The van der Waals surface area contributed by atoms with Gasteiger partial charge in [0.25, 0.3) is 6.43 Å². The lowest BCUT2D eigenvalue weighted by Gasteiger charge is -2.00. The third kappa shape index (κ3) is 1.52. The van der Waals surface area contributed by atoms with E-state index in [1.807, 2.05) is 0 Å². The fourth-order valence-corrected chi connectivity index (χ4v) is 1.39. The number of carbonyl (C=O) groups is 1. The van der Waals surface area contributed by atoms with Crippen LogP contribution in [-0.2, 0) is 0 Å². The molecule has 74 valence electrons. The van der Waals surface area contributed by atoms with Gasteiger partial charge < -0.3 is 0 Å². The van der Waals surface area contributed by atoms with E-state index in [2.05, 4.69) is 4.98 Å². The number of hydrogen-bond donors (Lipinski definition) is 0. The summed E-state index contributed by atoms with van der Waals surface area (Å²) in [5.74, 6) is -0.452. The molecule has 2 rings (SSSR count). The highest BCUT2D eigenvalue weighted by Gasteiger charge is 2.17. The Morgan fingerprint density at radius 3 is 2.87 bits per heavy atom. The van der Waals surface area contributed by atoms with E-state index in [1.54, 1.807) is 0 Å². The van der Waals surface area contributed by atoms with Gasteiger partial charge in [-0.25, -0.2) is 13.8 Å². The van der Waals surface area contributed by atoms with Crippen LogP contribution in [0.25, 0.3) is 5.52 Å². The molecule has 2 heterocycles. The smallest absolute Gasteiger partial charge is 0.295 e. The van der Waals surface area contributed by atoms with Crippen molar-refractivity contribution in [2.24, 2.45) is 0 Å². The zero-order valence-electron chi connectivity index (χ0n) is 7.52. The van der Waals surface area contributed by atoms with E-state index in [0.717, 1.165) is 4.40 Å². The summed E-state index contributed by atoms with van der Waals surface area (Å²) in [6.07, 6.45) is -0.929. The molecule has 0 atom stereocenters. The van der Waals surface area contributed by atoms with E-state index in [4.69, 9.17) is 7.85 Å². The number of hydrogen-bond acceptors (Lipinski definition) is 2. The summed E-state index contributed by atoms with van der Waals surface area (Å²) in [6.45, 7) is 0. The van der Waals surface area contributed by atoms with Crippen LogP contribution in [-0.4, -0.2) is 23.5 Å². The lowest BCUT2D eigenvalue weighted by atomic mass is 9.97. The standard InChI is InChI=1S/C9H5BF2N2O/c10-5-1-2-14-7(3-5)6(4-15)13-9(14)8(11)12/h1-4,8H. The van der Waals surface area contributed by atoms with Gasteiger partial charge in [-0.15, -0.1) is 0 Å². The van der Waals surface area contributed by atoms with Gasteiger partial charge in [0, 0.05) is 6.20 Å². The molecule has 0 saturated heterocycles. The van der Waals surface area contributed by atoms with Crippen LogP contribution in [0.2, 0.25) is 0 Å². The number of aldehydes is 1. The first kappa shape index (κ1) is 9.83. The number of imidazole rings is 1. The Bertz CT molecular complexity index is 524. The molecule has 0 amide bonds. The highest BCUT2D eigenvalue weighted by molar-refractivity contribution is 6.32. The van der Waals surface area contributed by atoms with Crippen LogP contribution in [0.1, 0.15) is 22.7 Å². The van der Waals surface area contributed by atoms with E-state index in [1.165, 1.54) is 18.3 Å².